The van der Waals surface area contributed by atoms with Crippen LogP contribution in [0.3, 0.4) is 0 Å². The van der Waals surface area contributed by atoms with E-state index in [2.05, 4.69) is 13.6 Å². The summed E-state index contributed by atoms with van der Waals surface area (Å²) in [4.78, 5) is 0. The van der Waals surface area contributed by atoms with E-state index in [4.69, 9.17) is 0 Å². The monoisotopic (exact) mass is 156 g/mol. The molecule has 0 aromatic heterocycles. The van der Waals surface area contributed by atoms with Gasteiger partial charge in [-0.05, 0) is 25.3 Å². The fourth-order valence-electron chi connectivity index (χ4n) is 1.77. The van der Waals surface area contributed by atoms with Crippen LogP contribution >= 0.6 is 0 Å². The molecule has 0 unspecified atom stereocenters. The molecule has 0 bridgehead atoms. The quantitative estimate of drug-likeness (QED) is 0.425. The summed E-state index contributed by atoms with van der Waals surface area (Å²) in [5, 5.41) is 0. The lowest BCUT2D eigenvalue weighted by atomic mass is 10.1. The second kappa shape index (κ2) is 4.55. The molecule has 1 saturated heterocycles. The van der Waals surface area contributed by atoms with Crippen LogP contribution in [0.25, 0.3) is 0 Å². The van der Waals surface area contributed by atoms with Crippen molar-refractivity contribution in [1.82, 2.24) is 0 Å². The Labute approximate surface area is 71.3 Å². The van der Waals surface area contributed by atoms with E-state index in [-0.39, 0.29) is 7.43 Å². The third-order valence-corrected chi connectivity index (χ3v) is 2.47. The molecule has 1 fully saturated rings. The van der Waals surface area contributed by atoms with Crippen LogP contribution in [0.15, 0.2) is 12.7 Å². The van der Waals surface area contributed by atoms with Crippen molar-refractivity contribution in [2.45, 2.75) is 26.7 Å². The summed E-state index contributed by atoms with van der Waals surface area (Å²) in [5.74, 6) is 0. The van der Waals surface area contributed by atoms with Gasteiger partial charge in [0.1, 0.15) is 0 Å². The van der Waals surface area contributed by atoms with Crippen LogP contribution in [0.4, 0.5) is 0 Å². The first-order chi connectivity index (χ1) is 4.77. The molecule has 11 heavy (non-hydrogen) atoms. The van der Waals surface area contributed by atoms with E-state index >= 15 is 0 Å². The molecule has 0 aromatic rings. The molecule has 1 aliphatic heterocycles. The number of hydrogen-bond donors (Lipinski definition) is 0. The van der Waals surface area contributed by atoms with Crippen molar-refractivity contribution in [3.63, 3.8) is 0 Å². The van der Waals surface area contributed by atoms with E-state index in [1.54, 1.807) is 0 Å². The molecular weight excluding hydrogens is 134 g/mol. The molecule has 1 aliphatic rings. The fraction of sp³-hybridized carbons (Fsp3) is 0.800. The topological polar surface area (TPSA) is 0 Å². The minimum Gasteiger partial charge on any atom is -0.323 e. The average Bonchev–Trinajstić information content (AvgIpc) is 1.89. The lowest BCUT2D eigenvalue weighted by Crippen LogP contribution is -2.47. The van der Waals surface area contributed by atoms with Crippen LogP contribution in [0.2, 0.25) is 0 Å². The first-order valence-corrected chi connectivity index (χ1v) is 4.21. The van der Waals surface area contributed by atoms with E-state index in [0.717, 1.165) is 6.54 Å². The lowest BCUT2D eigenvalue weighted by Gasteiger charge is -2.36. The van der Waals surface area contributed by atoms with E-state index in [9.17, 15) is 0 Å². The van der Waals surface area contributed by atoms with Crippen LogP contribution < -0.4 is 0 Å². The van der Waals surface area contributed by atoms with Crippen molar-refractivity contribution in [2.24, 2.45) is 0 Å². The Bertz CT molecular complexity index is 112. The Hall–Kier alpha value is -0.300. The smallest absolute Gasteiger partial charge is 0.0969 e. The zero-order valence-electron chi connectivity index (χ0n) is 6.97. The molecule has 0 spiro atoms. The zero-order chi connectivity index (χ0) is 7.45. The number of quaternary nitrogens is 1. The van der Waals surface area contributed by atoms with Gasteiger partial charge in [-0.3, -0.25) is 0 Å². The van der Waals surface area contributed by atoms with E-state index in [0.29, 0.717) is 0 Å². The van der Waals surface area contributed by atoms with Gasteiger partial charge >= 0.3 is 0 Å². The summed E-state index contributed by atoms with van der Waals surface area (Å²) in [6, 6.07) is 0. The van der Waals surface area contributed by atoms with Gasteiger partial charge in [0.05, 0.1) is 26.7 Å². The van der Waals surface area contributed by atoms with Gasteiger partial charge in [0.15, 0.2) is 0 Å². The van der Waals surface area contributed by atoms with E-state index < -0.39 is 0 Å². The standard InChI is InChI=1S/C9H18N.CH4/c1-3-7-10(2)8-5-4-6-9-10;/h3H,1,4-9H2,2H3;1H4/q+1;. The Morgan fingerprint density at radius 3 is 2.27 bits per heavy atom. The molecule has 0 saturated carbocycles. The van der Waals surface area contributed by atoms with E-state index in [1.807, 2.05) is 6.08 Å². The van der Waals surface area contributed by atoms with Gasteiger partial charge in [0.25, 0.3) is 0 Å². The van der Waals surface area contributed by atoms with Crippen molar-refractivity contribution in [3.8, 4) is 0 Å². The molecule has 0 radical (unpaired) electrons. The highest BCUT2D eigenvalue weighted by Crippen LogP contribution is 2.15. The largest absolute Gasteiger partial charge is 0.323 e. The summed E-state index contributed by atoms with van der Waals surface area (Å²) in [7, 11) is 2.33. The molecule has 0 N–H and O–H groups in total. The first-order valence-electron chi connectivity index (χ1n) is 4.21. The molecule has 0 aromatic carbocycles. The van der Waals surface area contributed by atoms with Crippen LogP contribution in [0.1, 0.15) is 26.7 Å². The molecule has 0 aliphatic carbocycles. The summed E-state index contributed by atoms with van der Waals surface area (Å²) in [5.41, 5.74) is 0. The highest BCUT2D eigenvalue weighted by Gasteiger charge is 2.22. The Morgan fingerprint density at radius 2 is 1.82 bits per heavy atom. The minimum atomic E-state index is 0. The molecule has 66 valence electrons. The maximum Gasteiger partial charge on any atom is 0.0969 e. The number of nitrogens with zero attached hydrogens (tertiary/aromatic N) is 1. The Kier molecular flexibility index (Phi) is 4.43. The summed E-state index contributed by atoms with van der Waals surface area (Å²) in [6.07, 6.45) is 6.30. The number of rotatable bonds is 2. The number of likely N-dealkylation sites (N-methyl/N-ethyl adjacent to an activating group) is 1. The lowest BCUT2D eigenvalue weighted by molar-refractivity contribution is -0.908. The maximum absolute atomic E-state index is 3.78. The maximum atomic E-state index is 3.78. The average molecular weight is 156 g/mol. The third kappa shape index (κ3) is 3.06. The number of piperidine rings is 1. The van der Waals surface area contributed by atoms with Crippen LogP contribution in [-0.2, 0) is 0 Å². The van der Waals surface area contributed by atoms with Crippen LogP contribution in [0, 0.1) is 0 Å². The summed E-state index contributed by atoms with van der Waals surface area (Å²) >= 11 is 0. The van der Waals surface area contributed by atoms with Gasteiger partial charge in [-0.2, -0.15) is 0 Å². The Balaban J connectivity index is 0.000001000. The molecule has 1 nitrogen and oxygen atoms in total. The molecule has 0 amide bonds. The van der Waals surface area contributed by atoms with Gasteiger partial charge in [0.2, 0.25) is 0 Å². The zero-order valence-corrected chi connectivity index (χ0v) is 6.97. The third-order valence-electron chi connectivity index (χ3n) is 2.47. The summed E-state index contributed by atoms with van der Waals surface area (Å²) in [6.45, 7) is 7.64. The van der Waals surface area contributed by atoms with Crippen molar-refractivity contribution >= 4 is 0 Å². The second-order valence-electron chi connectivity index (χ2n) is 3.60. The normalized spacial score (nSPS) is 21.9. The van der Waals surface area contributed by atoms with Crippen molar-refractivity contribution < 1.29 is 4.48 Å². The van der Waals surface area contributed by atoms with Crippen molar-refractivity contribution in [2.75, 3.05) is 26.7 Å². The predicted octanol–water partition coefficient (Wildman–Crippen LogP) is 2.44. The number of likely N-dealkylation sites (tertiary alicyclic amines) is 1. The summed E-state index contributed by atoms with van der Waals surface area (Å²) < 4.78 is 1.23. The van der Waals surface area contributed by atoms with Crippen LogP contribution in [-0.4, -0.2) is 31.2 Å². The SMILES string of the molecule is C.C=CC[N+]1(C)CCCCC1. The van der Waals surface area contributed by atoms with E-state index in [1.165, 1.54) is 36.8 Å². The molecule has 1 heteroatoms. The minimum absolute atomic E-state index is 0. The molecule has 1 heterocycles. The highest BCUT2D eigenvalue weighted by molar-refractivity contribution is 4.66. The second-order valence-corrected chi connectivity index (χ2v) is 3.60. The molecule has 1 rings (SSSR count). The van der Waals surface area contributed by atoms with Gasteiger partial charge < -0.3 is 4.48 Å². The molecular formula is C10H22N+. The number of hydrogen-bond acceptors (Lipinski definition) is 0. The van der Waals surface area contributed by atoms with Gasteiger partial charge in [-0.15, -0.1) is 0 Å². The predicted molar refractivity (Wildman–Crippen MR) is 51.6 cm³/mol. The highest BCUT2D eigenvalue weighted by atomic mass is 15.3. The van der Waals surface area contributed by atoms with Crippen molar-refractivity contribution in [3.05, 3.63) is 12.7 Å². The van der Waals surface area contributed by atoms with Crippen molar-refractivity contribution in [1.29, 1.82) is 0 Å². The first kappa shape index (κ1) is 10.7. The molecule has 0 atom stereocenters. The van der Waals surface area contributed by atoms with Gasteiger partial charge in [0, 0.05) is 0 Å². The Morgan fingerprint density at radius 1 is 1.27 bits per heavy atom. The van der Waals surface area contributed by atoms with Gasteiger partial charge in [-0.1, -0.05) is 14.0 Å². The van der Waals surface area contributed by atoms with Crippen LogP contribution in [0.5, 0.6) is 0 Å². The fourth-order valence-corrected chi connectivity index (χ4v) is 1.77. The van der Waals surface area contributed by atoms with Gasteiger partial charge in [-0.25, -0.2) is 0 Å².